The molecule has 0 aliphatic carbocycles. The number of hydrogen-bond acceptors (Lipinski definition) is 4. The molecule has 1 unspecified atom stereocenters. The van der Waals surface area contributed by atoms with Gasteiger partial charge in [-0.1, -0.05) is 44.5 Å². The normalized spacial score (nSPS) is 12.3. The van der Waals surface area contributed by atoms with Crippen molar-refractivity contribution >= 4 is 27.7 Å². The van der Waals surface area contributed by atoms with E-state index in [-0.39, 0.29) is 24.6 Å². The highest BCUT2D eigenvalue weighted by Crippen LogP contribution is 2.24. The van der Waals surface area contributed by atoms with Gasteiger partial charge < -0.3 is 10.2 Å². The molecule has 0 radical (unpaired) electrons. The van der Waals surface area contributed by atoms with Gasteiger partial charge in [-0.05, 0) is 42.7 Å². The van der Waals surface area contributed by atoms with Crippen LogP contribution in [0.4, 0.5) is 14.5 Å². The molecule has 0 aliphatic heterocycles. The summed E-state index contributed by atoms with van der Waals surface area (Å²) < 4.78 is 55.8. The molecule has 1 atom stereocenters. The second-order valence-electron chi connectivity index (χ2n) is 8.46. The molecule has 0 aromatic heterocycles. The molecule has 2 aromatic carbocycles. The number of carbonyl (C=O) groups is 2. The lowest BCUT2D eigenvalue weighted by Gasteiger charge is -2.34. The van der Waals surface area contributed by atoms with Crippen LogP contribution in [0.1, 0.15) is 38.7 Å². The van der Waals surface area contributed by atoms with Crippen LogP contribution in [-0.2, 0) is 26.3 Å². The standard InChI is InChI=1S/C25H34F2N4O4S/c1-5-7-16-28-25(33)22(6-2)30(17-19-12-14-20(26)15-13-19)24(32)18-31(36(34,35)29(3)4)23-11-9-8-10-21(23)27/h8-15,22H,5-7,16-18H2,1-4H3,(H,28,33). The highest BCUT2D eigenvalue weighted by molar-refractivity contribution is 7.90. The lowest BCUT2D eigenvalue weighted by atomic mass is 10.1. The largest absolute Gasteiger partial charge is 0.354 e. The Labute approximate surface area is 212 Å². The van der Waals surface area contributed by atoms with Gasteiger partial charge in [-0.3, -0.25) is 9.59 Å². The molecular formula is C25H34F2N4O4S. The number of benzene rings is 2. The fourth-order valence-electron chi connectivity index (χ4n) is 3.57. The van der Waals surface area contributed by atoms with E-state index in [9.17, 15) is 26.8 Å². The predicted octanol–water partition coefficient (Wildman–Crippen LogP) is 3.30. The number of nitrogens with zero attached hydrogens (tertiary/aromatic N) is 3. The van der Waals surface area contributed by atoms with E-state index in [0.29, 0.717) is 16.4 Å². The summed E-state index contributed by atoms with van der Waals surface area (Å²) in [6, 6.07) is 9.79. The maximum absolute atomic E-state index is 14.6. The molecule has 0 aliphatic rings. The minimum absolute atomic E-state index is 0.0636. The fourth-order valence-corrected chi connectivity index (χ4v) is 4.63. The lowest BCUT2D eigenvalue weighted by molar-refractivity contribution is -0.140. The van der Waals surface area contributed by atoms with Gasteiger partial charge in [-0.25, -0.2) is 13.1 Å². The summed E-state index contributed by atoms with van der Waals surface area (Å²) in [6.07, 6.45) is 1.89. The Balaban J connectivity index is 2.47. The number of para-hydroxylation sites is 1. The molecule has 2 rings (SSSR count). The number of carbonyl (C=O) groups excluding carboxylic acids is 2. The van der Waals surface area contributed by atoms with E-state index in [2.05, 4.69) is 5.32 Å². The third-order valence-corrected chi connectivity index (χ3v) is 7.43. The first-order valence-electron chi connectivity index (χ1n) is 11.8. The van der Waals surface area contributed by atoms with Crippen molar-refractivity contribution in [3.8, 4) is 0 Å². The van der Waals surface area contributed by atoms with E-state index in [0.717, 1.165) is 23.2 Å². The number of halogens is 2. The first-order valence-corrected chi connectivity index (χ1v) is 13.2. The Bertz CT molecular complexity index is 1130. The molecule has 0 saturated carbocycles. The third-order valence-electron chi connectivity index (χ3n) is 5.62. The Morgan fingerprint density at radius 3 is 2.19 bits per heavy atom. The first-order chi connectivity index (χ1) is 17.0. The summed E-state index contributed by atoms with van der Waals surface area (Å²) in [6.45, 7) is 3.35. The Morgan fingerprint density at radius 2 is 1.64 bits per heavy atom. The van der Waals surface area contributed by atoms with Crippen LogP contribution in [0.5, 0.6) is 0 Å². The van der Waals surface area contributed by atoms with Crippen molar-refractivity contribution in [1.29, 1.82) is 0 Å². The first kappa shape index (κ1) is 29.2. The summed E-state index contributed by atoms with van der Waals surface area (Å²) in [5.74, 6) is -2.35. The molecule has 198 valence electrons. The van der Waals surface area contributed by atoms with Gasteiger partial charge in [0.25, 0.3) is 0 Å². The molecule has 0 spiro atoms. The molecule has 2 aromatic rings. The van der Waals surface area contributed by atoms with Crippen molar-refractivity contribution in [2.75, 3.05) is 31.5 Å². The van der Waals surface area contributed by atoms with Gasteiger partial charge in [0.05, 0.1) is 5.69 Å². The van der Waals surface area contributed by atoms with Crippen LogP contribution >= 0.6 is 0 Å². The van der Waals surface area contributed by atoms with Gasteiger partial charge in [-0.2, -0.15) is 12.7 Å². The zero-order valence-corrected chi connectivity index (χ0v) is 21.9. The number of unbranched alkanes of at least 4 members (excludes halogenated alkanes) is 1. The number of rotatable bonds is 13. The van der Waals surface area contributed by atoms with E-state index in [4.69, 9.17) is 0 Å². The van der Waals surface area contributed by atoms with Crippen molar-refractivity contribution < 1.29 is 26.8 Å². The van der Waals surface area contributed by atoms with Crippen molar-refractivity contribution in [2.45, 2.75) is 45.7 Å². The molecule has 36 heavy (non-hydrogen) atoms. The van der Waals surface area contributed by atoms with Crippen molar-refractivity contribution in [3.05, 3.63) is 65.7 Å². The fraction of sp³-hybridized carbons (Fsp3) is 0.440. The van der Waals surface area contributed by atoms with Gasteiger partial charge in [0.2, 0.25) is 11.8 Å². The average Bonchev–Trinajstić information content (AvgIpc) is 2.84. The minimum atomic E-state index is -4.26. The molecule has 0 saturated heterocycles. The van der Waals surface area contributed by atoms with Gasteiger partial charge >= 0.3 is 10.2 Å². The Morgan fingerprint density at radius 1 is 1.00 bits per heavy atom. The summed E-state index contributed by atoms with van der Waals surface area (Å²) in [4.78, 5) is 27.9. The SMILES string of the molecule is CCCCNC(=O)C(CC)N(Cc1ccc(F)cc1)C(=O)CN(c1ccccc1F)S(=O)(=O)N(C)C. The van der Waals surface area contributed by atoms with Gasteiger partial charge in [0.1, 0.15) is 24.2 Å². The number of anilines is 1. The van der Waals surface area contributed by atoms with Gasteiger partial charge in [-0.15, -0.1) is 0 Å². The molecule has 8 nitrogen and oxygen atoms in total. The highest BCUT2D eigenvalue weighted by Gasteiger charge is 2.34. The topological polar surface area (TPSA) is 90.0 Å². The van der Waals surface area contributed by atoms with E-state index in [1.54, 1.807) is 6.92 Å². The average molecular weight is 525 g/mol. The minimum Gasteiger partial charge on any atom is -0.354 e. The molecular weight excluding hydrogens is 490 g/mol. The third kappa shape index (κ3) is 7.47. The molecule has 0 bridgehead atoms. The van der Waals surface area contributed by atoms with Crippen LogP contribution < -0.4 is 9.62 Å². The zero-order valence-electron chi connectivity index (χ0n) is 21.1. The van der Waals surface area contributed by atoms with Crippen molar-refractivity contribution in [3.63, 3.8) is 0 Å². The van der Waals surface area contributed by atoms with Crippen LogP contribution in [-0.4, -0.2) is 62.7 Å². The second kappa shape index (κ2) is 13.3. The quantitative estimate of drug-likeness (QED) is 0.407. The zero-order chi connectivity index (χ0) is 26.9. The van der Waals surface area contributed by atoms with E-state index in [1.807, 2.05) is 6.92 Å². The molecule has 11 heteroatoms. The van der Waals surface area contributed by atoms with Crippen LogP contribution in [0.3, 0.4) is 0 Å². The van der Waals surface area contributed by atoms with E-state index >= 15 is 0 Å². The summed E-state index contributed by atoms with van der Waals surface area (Å²) in [5.41, 5.74) is 0.263. The molecule has 0 fully saturated rings. The Kier molecular flexibility index (Phi) is 10.8. The summed E-state index contributed by atoms with van der Waals surface area (Å²) in [5, 5.41) is 2.81. The van der Waals surface area contributed by atoms with Crippen LogP contribution in [0, 0.1) is 11.6 Å². The number of amides is 2. The summed E-state index contributed by atoms with van der Waals surface area (Å²) >= 11 is 0. The maximum atomic E-state index is 14.6. The molecule has 1 N–H and O–H groups in total. The monoisotopic (exact) mass is 524 g/mol. The summed E-state index contributed by atoms with van der Waals surface area (Å²) in [7, 11) is -1.71. The molecule has 0 heterocycles. The van der Waals surface area contributed by atoms with E-state index in [1.165, 1.54) is 61.5 Å². The molecule has 2 amide bonds. The van der Waals surface area contributed by atoms with Gasteiger partial charge in [0, 0.05) is 27.2 Å². The predicted molar refractivity (Wildman–Crippen MR) is 135 cm³/mol. The lowest BCUT2D eigenvalue weighted by Crippen LogP contribution is -2.53. The number of hydrogen-bond donors (Lipinski definition) is 1. The van der Waals surface area contributed by atoms with Crippen molar-refractivity contribution in [1.82, 2.24) is 14.5 Å². The van der Waals surface area contributed by atoms with Crippen molar-refractivity contribution in [2.24, 2.45) is 0 Å². The van der Waals surface area contributed by atoms with Crippen LogP contribution in [0.15, 0.2) is 48.5 Å². The smallest absolute Gasteiger partial charge is 0.304 e. The maximum Gasteiger partial charge on any atom is 0.304 e. The van der Waals surface area contributed by atoms with Crippen LogP contribution in [0.25, 0.3) is 0 Å². The number of nitrogens with one attached hydrogen (secondary N) is 1. The van der Waals surface area contributed by atoms with E-state index < -0.39 is 40.3 Å². The van der Waals surface area contributed by atoms with Gasteiger partial charge in [0.15, 0.2) is 0 Å². The second-order valence-corrected chi connectivity index (χ2v) is 10.5. The highest BCUT2D eigenvalue weighted by atomic mass is 32.2. The Hall–Kier alpha value is -3.05. The van der Waals surface area contributed by atoms with Crippen LogP contribution in [0.2, 0.25) is 0 Å².